The SMILES string of the molecule is CC(C)[C@@H]1NC(=O)c2coc(n2)-c2coc(n2)-c2coc(n2)[C@H](CCCN)NC(=O)c2coc(n2)-c2coc(n2)-c2coc1n2. The average molecular weight is 616 g/mol. The van der Waals surface area contributed by atoms with Gasteiger partial charge in [0.1, 0.15) is 49.7 Å². The zero-order valence-electron chi connectivity index (χ0n) is 23.8. The van der Waals surface area contributed by atoms with Crippen molar-refractivity contribution >= 4 is 11.8 Å². The standard InChI is InChI=1S/C28H25N9O8/c1-12(2)20-28-36-19(11-45-28)27-35-16(10-44-27)24-31-14(6-40-24)21(38)30-13(4-3-5-29)23-33-18(8-42-23)26-34-17(9-43-26)25-32-15(7-41-25)22(39)37-20/h6-13,20H,3-5,29H2,1-2H3,(H,30,38)(H,37,39)/t13-,20-/m0/s1. The quantitative estimate of drug-likeness (QED) is 0.254. The Morgan fingerprint density at radius 2 is 1.04 bits per heavy atom. The highest BCUT2D eigenvalue weighted by Gasteiger charge is 2.29. The fourth-order valence-electron chi connectivity index (χ4n) is 4.59. The van der Waals surface area contributed by atoms with Crippen LogP contribution in [0.25, 0.3) is 46.3 Å². The van der Waals surface area contributed by atoms with Gasteiger partial charge in [0.25, 0.3) is 11.8 Å². The Kier molecular flexibility index (Phi) is 7.05. The van der Waals surface area contributed by atoms with Gasteiger partial charge in [-0.25, -0.2) is 29.9 Å². The van der Waals surface area contributed by atoms with Gasteiger partial charge in [-0.15, -0.1) is 0 Å². The molecule has 7 rings (SSSR count). The number of oxazole rings is 6. The molecule has 17 heteroatoms. The van der Waals surface area contributed by atoms with Gasteiger partial charge in [0.2, 0.25) is 35.3 Å². The number of nitrogens with zero attached hydrogens (tertiary/aromatic N) is 6. The molecule has 0 aliphatic carbocycles. The highest BCUT2D eigenvalue weighted by molar-refractivity contribution is 5.93. The molecule has 0 unspecified atom stereocenters. The fourth-order valence-corrected chi connectivity index (χ4v) is 4.59. The predicted molar refractivity (Wildman–Crippen MR) is 149 cm³/mol. The third kappa shape index (κ3) is 5.40. The Morgan fingerprint density at radius 3 is 1.58 bits per heavy atom. The number of carbonyl (C=O) groups is 2. The molecule has 0 fully saturated rings. The van der Waals surface area contributed by atoms with Crippen molar-refractivity contribution in [3.63, 3.8) is 0 Å². The molecule has 12 bridgehead atoms. The van der Waals surface area contributed by atoms with Crippen molar-refractivity contribution in [1.29, 1.82) is 0 Å². The monoisotopic (exact) mass is 615 g/mol. The van der Waals surface area contributed by atoms with Crippen LogP contribution in [0.5, 0.6) is 0 Å². The lowest BCUT2D eigenvalue weighted by Gasteiger charge is -2.18. The van der Waals surface area contributed by atoms with Crippen molar-refractivity contribution in [2.24, 2.45) is 11.7 Å². The van der Waals surface area contributed by atoms with E-state index in [0.717, 1.165) is 0 Å². The van der Waals surface area contributed by atoms with E-state index in [9.17, 15) is 9.59 Å². The number of nitrogens with one attached hydrogen (secondary N) is 2. The van der Waals surface area contributed by atoms with E-state index in [1.54, 1.807) is 0 Å². The van der Waals surface area contributed by atoms with Crippen LogP contribution in [0.15, 0.2) is 64.1 Å². The van der Waals surface area contributed by atoms with Crippen LogP contribution in [0.2, 0.25) is 0 Å². The Balaban J connectivity index is 1.27. The largest absolute Gasteiger partial charge is 0.446 e. The molecule has 0 saturated heterocycles. The third-order valence-electron chi connectivity index (χ3n) is 6.92. The van der Waals surface area contributed by atoms with E-state index in [4.69, 9.17) is 32.2 Å². The van der Waals surface area contributed by atoms with Crippen molar-refractivity contribution in [3.05, 3.63) is 60.7 Å². The summed E-state index contributed by atoms with van der Waals surface area (Å²) in [5, 5.41) is 5.73. The molecule has 6 aromatic heterocycles. The first-order chi connectivity index (χ1) is 21.9. The van der Waals surface area contributed by atoms with E-state index in [-0.39, 0.29) is 75.4 Å². The molecule has 17 nitrogen and oxygen atoms in total. The molecule has 2 amide bonds. The number of carbonyl (C=O) groups excluding carboxylic acids is 2. The van der Waals surface area contributed by atoms with Gasteiger partial charge in [-0.05, 0) is 25.3 Å². The first kappa shape index (κ1) is 28.0. The molecule has 4 N–H and O–H groups in total. The maximum absolute atomic E-state index is 13.2. The number of fused-ring (bicyclic) bond motifs is 16. The zero-order chi connectivity index (χ0) is 31.1. The molecule has 0 aromatic carbocycles. The summed E-state index contributed by atoms with van der Waals surface area (Å²) in [6.45, 7) is 4.17. The second-order valence-corrected chi connectivity index (χ2v) is 10.4. The molecule has 0 saturated carbocycles. The summed E-state index contributed by atoms with van der Waals surface area (Å²) in [7, 11) is 0. The number of hydrogen-bond acceptors (Lipinski definition) is 15. The lowest BCUT2D eigenvalue weighted by atomic mass is 10.0. The second kappa shape index (κ2) is 11.3. The number of hydrogen-bond donors (Lipinski definition) is 3. The summed E-state index contributed by atoms with van der Waals surface area (Å²) in [5.74, 6) is -0.444. The van der Waals surface area contributed by atoms with Crippen LogP contribution in [-0.2, 0) is 0 Å². The molecule has 45 heavy (non-hydrogen) atoms. The van der Waals surface area contributed by atoms with Crippen LogP contribution in [0, 0.1) is 5.92 Å². The Bertz CT molecular complexity index is 1970. The molecule has 7 heterocycles. The van der Waals surface area contributed by atoms with Crippen molar-refractivity contribution < 1.29 is 36.1 Å². The van der Waals surface area contributed by atoms with Crippen LogP contribution in [-0.4, -0.2) is 48.3 Å². The van der Waals surface area contributed by atoms with E-state index in [1.165, 1.54) is 37.6 Å². The first-order valence-electron chi connectivity index (χ1n) is 13.9. The summed E-state index contributed by atoms with van der Waals surface area (Å²) in [6.07, 6.45) is 8.73. The highest BCUT2D eigenvalue weighted by Crippen LogP contribution is 2.30. The fraction of sp³-hybridized carbons (Fsp3) is 0.286. The molecule has 0 spiro atoms. The van der Waals surface area contributed by atoms with Gasteiger partial charge >= 0.3 is 0 Å². The normalized spacial score (nSPS) is 16.8. The van der Waals surface area contributed by atoms with Crippen LogP contribution >= 0.6 is 0 Å². The van der Waals surface area contributed by atoms with E-state index >= 15 is 0 Å². The zero-order valence-corrected chi connectivity index (χ0v) is 23.8. The lowest BCUT2D eigenvalue weighted by molar-refractivity contribution is 0.0907. The summed E-state index contributed by atoms with van der Waals surface area (Å²) in [6, 6.07) is -1.29. The maximum Gasteiger partial charge on any atom is 0.273 e. The van der Waals surface area contributed by atoms with Gasteiger partial charge in [-0.3, -0.25) is 9.59 Å². The number of amides is 2. The van der Waals surface area contributed by atoms with Crippen LogP contribution in [0.1, 0.15) is 71.5 Å². The molecular formula is C28H25N9O8. The summed E-state index contributed by atoms with van der Waals surface area (Å²) in [5.41, 5.74) is 6.71. The smallest absolute Gasteiger partial charge is 0.273 e. The lowest BCUT2D eigenvalue weighted by Crippen LogP contribution is -2.32. The van der Waals surface area contributed by atoms with Gasteiger partial charge < -0.3 is 42.9 Å². The predicted octanol–water partition coefficient (Wildman–Crippen LogP) is 3.93. The number of nitrogens with two attached hydrogens (primary N) is 1. The Hall–Kier alpha value is -5.84. The minimum atomic E-state index is -0.655. The van der Waals surface area contributed by atoms with Gasteiger partial charge in [0.05, 0.1) is 0 Å². The molecule has 2 atom stereocenters. The third-order valence-corrected chi connectivity index (χ3v) is 6.92. The number of aromatic nitrogens is 6. The van der Waals surface area contributed by atoms with E-state index in [0.29, 0.717) is 19.4 Å². The first-order valence-corrected chi connectivity index (χ1v) is 13.9. The summed E-state index contributed by atoms with van der Waals surface area (Å²) >= 11 is 0. The molecule has 1 aliphatic heterocycles. The average Bonchev–Trinajstić information content (AvgIpc) is 3.88. The van der Waals surface area contributed by atoms with Crippen molar-refractivity contribution in [1.82, 2.24) is 40.5 Å². The second-order valence-electron chi connectivity index (χ2n) is 10.4. The summed E-state index contributed by atoms with van der Waals surface area (Å²) in [4.78, 5) is 52.6. The minimum Gasteiger partial charge on any atom is -0.446 e. The van der Waals surface area contributed by atoms with Crippen LogP contribution in [0.3, 0.4) is 0 Å². The van der Waals surface area contributed by atoms with Crippen molar-refractivity contribution in [2.45, 2.75) is 38.8 Å². The van der Waals surface area contributed by atoms with Crippen LogP contribution in [0.4, 0.5) is 0 Å². The number of rotatable bonds is 4. The van der Waals surface area contributed by atoms with Crippen molar-refractivity contribution in [3.8, 4) is 46.3 Å². The van der Waals surface area contributed by atoms with Gasteiger partial charge in [-0.1, -0.05) is 13.8 Å². The van der Waals surface area contributed by atoms with Crippen molar-refractivity contribution in [2.75, 3.05) is 6.54 Å². The molecule has 230 valence electrons. The van der Waals surface area contributed by atoms with E-state index in [2.05, 4.69) is 40.5 Å². The topological polar surface area (TPSA) is 240 Å². The van der Waals surface area contributed by atoms with E-state index in [1.807, 2.05) is 13.8 Å². The maximum atomic E-state index is 13.2. The highest BCUT2D eigenvalue weighted by atomic mass is 16.4. The molecular weight excluding hydrogens is 590 g/mol. The van der Waals surface area contributed by atoms with Crippen LogP contribution < -0.4 is 16.4 Å². The van der Waals surface area contributed by atoms with Gasteiger partial charge in [0, 0.05) is 0 Å². The minimum absolute atomic E-state index is 0.00423. The van der Waals surface area contributed by atoms with E-state index < -0.39 is 23.9 Å². The Morgan fingerprint density at radius 1 is 0.622 bits per heavy atom. The van der Waals surface area contributed by atoms with Gasteiger partial charge in [-0.2, -0.15) is 0 Å². The molecule has 1 aliphatic rings. The molecule has 6 aromatic rings. The molecule has 0 radical (unpaired) electrons. The van der Waals surface area contributed by atoms with Gasteiger partial charge in [0.15, 0.2) is 34.2 Å². The summed E-state index contributed by atoms with van der Waals surface area (Å²) < 4.78 is 33.6. The Labute approximate surface area is 252 Å².